The maximum atomic E-state index is 12.3. The van der Waals surface area contributed by atoms with Gasteiger partial charge in [0.1, 0.15) is 0 Å². The lowest BCUT2D eigenvalue weighted by molar-refractivity contribution is 0.0727. The third-order valence-corrected chi connectivity index (χ3v) is 4.63. The van der Waals surface area contributed by atoms with Crippen LogP contribution in [0.2, 0.25) is 5.02 Å². The van der Waals surface area contributed by atoms with Crippen molar-refractivity contribution in [1.82, 2.24) is 5.32 Å². The Hall–Kier alpha value is -0.330. The van der Waals surface area contributed by atoms with Gasteiger partial charge in [0.05, 0.1) is 17.2 Å². The van der Waals surface area contributed by atoms with E-state index in [-0.39, 0.29) is 17.6 Å². The van der Waals surface area contributed by atoms with Gasteiger partial charge in [0.25, 0.3) is 5.91 Å². The Morgan fingerprint density at radius 3 is 2.94 bits per heavy atom. The zero-order valence-electron chi connectivity index (χ0n) is 10.3. The van der Waals surface area contributed by atoms with Gasteiger partial charge in [-0.05, 0) is 61.1 Å². The van der Waals surface area contributed by atoms with Crippen LogP contribution in [-0.2, 0) is 4.74 Å². The van der Waals surface area contributed by atoms with Crippen LogP contribution in [-0.4, -0.2) is 24.2 Å². The fourth-order valence-electron chi connectivity index (χ4n) is 2.00. The molecule has 1 saturated heterocycles. The Morgan fingerprint density at radius 2 is 2.33 bits per heavy atom. The molecule has 98 valence electrons. The zero-order valence-corrected chi connectivity index (χ0v) is 13.2. The Bertz CT molecular complexity index is 480. The topological polar surface area (TPSA) is 38.3 Å². The van der Waals surface area contributed by atoms with Crippen LogP contribution in [0, 0.1) is 3.57 Å². The van der Waals surface area contributed by atoms with E-state index in [9.17, 15) is 4.79 Å². The molecule has 2 atom stereocenters. The number of amides is 1. The number of rotatable bonds is 2. The summed E-state index contributed by atoms with van der Waals surface area (Å²) in [6, 6.07) is 5.32. The lowest BCUT2D eigenvalue weighted by Gasteiger charge is -2.29. The van der Waals surface area contributed by atoms with Crippen molar-refractivity contribution in [2.24, 2.45) is 0 Å². The van der Waals surface area contributed by atoms with Crippen molar-refractivity contribution in [3.63, 3.8) is 0 Å². The zero-order chi connectivity index (χ0) is 13.3. The number of hydrogen-bond acceptors (Lipinski definition) is 2. The average molecular weight is 380 g/mol. The number of halogens is 2. The molecule has 1 amide bonds. The molecule has 0 radical (unpaired) electrons. The third kappa shape index (κ3) is 2.81. The lowest BCUT2D eigenvalue weighted by Crippen LogP contribution is -2.50. The number of carbonyl (C=O) groups is 1. The second-order valence-electron chi connectivity index (χ2n) is 4.76. The highest BCUT2D eigenvalue weighted by atomic mass is 127. The molecule has 1 aliphatic rings. The fourth-order valence-corrected chi connectivity index (χ4v) is 2.75. The molecule has 1 heterocycles. The fraction of sp³-hybridized carbons (Fsp3) is 0.462. The van der Waals surface area contributed by atoms with Crippen LogP contribution < -0.4 is 5.32 Å². The second kappa shape index (κ2) is 5.35. The summed E-state index contributed by atoms with van der Waals surface area (Å²) in [7, 11) is 0. The Morgan fingerprint density at radius 1 is 1.61 bits per heavy atom. The molecule has 1 aromatic carbocycles. The summed E-state index contributed by atoms with van der Waals surface area (Å²) in [5.74, 6) is -0.0956. The number of benzene rings is 1. The molecule has 2 rings (SSSR count). The molecule has 2 unspecified atom stereocenters. The van der Waals surface area contributed by atoms with E-state index in [1.165, 1.54) is 0 Å². The van der Waals surface area contributed by atoms with Crippen LogP contribution in [0.3, 0.4) is 0 Å². The molecule has 1 aromatic rings. The lowest BCUT2D eigenvalue weighted by atomic mass is 9.94. The monoisotopic (exact) mass is 379 g/mol. The molecule has 0 spiro atoms. The minimum Gasteiger partial charge on any atom is -0.376 e. The van der Waals surface area contributed by atoms with Gasteiger partial charge in [-0.15, -0.1) is 0 Å². The highest BCUT2D eigenvalue weighted by Crippen LogP contribution is 2.26. The first-order valence-electron chi connectivity index (χ1n) is 5.81. The highest BCUT2D eigenvalue weighted by Gasteiger charge is 2.38. The van der Waals surface area contributed by atoms with Crippen molar-refractivity contribution >= 4 is 40.1 Å². The number of hydrogen-bond donors (Lipinski definition) is 1. The van der Waals surface area contributed by atoms with Crippen LogP contribution in [0.15, 0.2) is 18.2 Å². The van der Waals surface area contributed by atoms with E-state index in [1.54, 1.807) is 12.1 Å². The number of carbonyl (C=O) groups excluding carboxylic acids is 1. The van der Waals surface area contributed by atoms with Crippen molar-refractivity contribution < 1.29 is 9.53 Å². The normalized spacial score (nSPS) is 27.2. The summed E-state index contributed by atoms with van der Waals surface area (Å²) < 4.78 is 6.41. The van der Waals surface area contributed by atoms with Crippen LogP contribution in [0.5, 0.6) is 0 Å². The Balaban J connectivity index is 2.19. The van der Waals surface area contributed by atoms with E-state index < -0.39 is 0 Å². The van der Waals surface area contributed by atoms with Gasteiger partial charge in [-0.1, -0.05) is 11.6 Å². The van der Waals surface area contributed by atoms with Crippen molar-refractivity contribution in [1.29, 1.82) is 0 Å². The maximum absolute atomic E-state index is 12.3. The first-order chi connectivity index (χ1) is 8.42. The van der Waals surface area contributed by atoms with Gasteiger partial charge < -0.3 is 10.1 Å². The first kappa shape index (κ1) is 14.1. The van der Waals surface area contributed by atoms with Crippen LogP contribution in [0.4, 0.5) is 0 Å². The van der Waals surface area contributed by atoms with Crippen LogP contribution >= 0.6 is 34.2 Å². The van der Waals surface area contributed by atoms with Crippen LogP contribution in [0.25, 0.3) is 0 Å². The van der Waals surface area contributed by atoms with Crippen molar-refractivity contribution in [2.45, 2.75) is 31.9 Å². The van der Waals surface area contributed by atoms with Gasteiger partial charge in [-0.3, -0.25) is 4.79 Å². The summed E-state index contributed by atoms with van der Waals surface area (Å²) >= 11 is 8.07. The van der Waals surface area contributed by atoms with Crippen molar-refractivity contribution in [3.8, 4) is 0 Å². The standard InChI is InChI=1S/C13H15ClINO2/c1-8-13(2,5-6-18-8)16-12(17)10-7-9(14)3-4-11(10)15/h3-4,7-8H,5-6H2,1-2H3,(H,16,17). The largest absolute Gasteiger partial charge is 0.376 e. The molecular weight excluding hydrogens is 365 g/mol. The Kier molecular flexibility index (Phi) is 4.18. The molecule has 3 nitrogen and oxygen atoms in total. The van der Waals surface area contributed by atoms with E-state index in [1.807, 2.05) is 19.9 Å². The van der Waals surface area contributed by atoms with E-state index in [0.717, 1.165) is 9.99 Å². The SMILES string of the molecule is CC1OCCC1(C)NC(=O)c1cc(Cl)ccc1I. The molecule has 5 heteroatoms. The quantitative estimate of drug-likeness (QED) is 0.801. The van der Waals surface area contributed by atoms with Gasteiger partial charge >= 0.3 is 0 Å². The molecule has 0 aromatic heterocycles. The first-order valence-corrected chi connectivity index (χ1v) is 7.27. The molecule has 1 fully saturated rings. The molecule has 1 aliphatic heterocycles. The Labute approximate surface area is 125 Å². The summed E-state index contributed by atoms with van der Waals surface area (Å²) in [6.45, 7) is 4.68. The number of nitrogens with one attached hydrogen (secondary N) is 1. The van der Waals surface area contributed by atoms with Gasteiger partial charge in [0, 0.05) is 15.2 Å². The van der Waals surface area contributed by atoms with E-state index in [4.69, 9.17) is 16.3 Å². The molecule has 0 aliphatic carbocycles. The smallest absolute Gasteiger partial charge is 0.252 e. The van der Waals surface area contributed by atoms with E-state index >= 15 is 0 Å². The molecule has 18 heavy (non-hydrogen) atoms. The average Bonchev–Trinajstić information content (AvgIpc) is 2.62. The van der Waals surface area contributed by atoms with Gasteiger partial charge in [0.2, 0.25) is 0 Å². The van der Waals surface area contributed by atoms with Crippen molar-refractivity contribution in [3.05, 3.63) is 32.4 Å². The second-order valence-corrected chi connectivity index (χ2v) is 6.36. The minimum absolute atomic E-state index is 0.0262. The molecule has 0 saturated carbocycles. The van der Waals surface area contributed by atoms with E-state index in [0.29, 0.717) is 17.2 Å². The van der Waals surface area contributed by atoms with Crippen LogP contribution in [0.1, 0.15) is 30.6 Å². The van der Waals surface area contributed by atoms with Gasteiger partial charge in [-0.2, -0.15) is 0 Å². The maximum Gasteiger partial charge on any atom is 0.252 e. The summed E-state index contributed by atoms with van der Waals surface area (Å²) in [6.07, 6.45) is 0.857. The third-order valence-electron chi connectivity index (χ3n) is 3.46. The molecule has 1 N–H and O–H groups in total. The molecule has 0 bridgehead atoms. The van der Waals surface area contributed by atoms with Gasteiger partial charge in [-0.25, -0.2) is 0 Å². The van der Waals surface area contributed by atoms with Gasteiger partial charge in [0.15, 0.2) is 0 Å². The van der Waals surface area contributed by atoms with Crippen molar-refractivity contribution in [2.75, 3.05) is 6.61 Å². The predicted molar refractivity (Wildman–Crippen MR) is 80.1 cm³/mol. The summed E-state index contributed by atoms with van der Waals surface area (Å²) in [4.78, 5) is 12.3. The summed E-state index contributed by atoms with van der Waals surface area (Å²) in [5.41, 5.74) is 0.311. The predicted octanol–water partition coefficient (Wildman–Crippen LogP) is 3.24. The van der Waals surface area contributed by atoms with E-state index in [2.05, 4.69) is 27.9 Å². The minimum atomic E-state index is -0.303. The molecular formula is C13H15ClINO2. The summed E-state index contributed by atoms with van der Waals surface area (Å²) in [5, 5.41) is 3.63. The highest BCUT2D eigenvalue weighted by molar-refractivity contribution is 14.1. The number of ether oxygens (including phenoxy) is 1.